The average molecular weight is 539 g/mol. The van der Waals surface area contributed by atoms with Gasteiger partial charge in [-0.1, -0.05) is 36.4 Å². The summed E-state index contributed by atoms with van der Waals surface area (Å²) in [6, 6.07) is 14.0. The third-order valence-corrected chi connectivity index (χ3v) is 6.99. The molecule has 2 aromatic heterocycles. The Morgan fingerprint density at radius 1 is 1.00 bits per heavy atom. The molecule has 1 aliphatic heterocycles. The maximum absolute atomic E-state index is 13.3. The Morgan fingerprint density at radius 3 is 2.47 bits per heavy atom. The first-order valence-corrected chi connectivity index (χ1v) is 12.9. The van der Waals surface area contributed by atoms with Crippen LogP contribution in [0.1, 0.15) is 11.9 Å². The van der Waals surface area contributed by atoms with E-state index in [0.717, 1.165) is 32.5 Å². The quantitative estimate of drug-likeness (QED) is 0.234. The van der Waals surface area contributed by atoms with Crippen molar-refractivity contribution in [2.75, 3.05) is 6.61 Å². The van der Waals surface area contributed by atoms with Gasteiger partial charge in [-0.3, -0.25) is 18.9 Å². The second-order valence-electron chi connectivity index (χ2n) is 7.71. The molecule has 0 saturated carbocycles. The van der Waals surface area contributed by atoms with E-state index in [4.69, 9.17) is 19.0 Å². The first-order valence-electron chi connectivity index (χ1n) is 10.6. The number of benzene rings is 1. The highest BCUT2D eigenvalue weighted by Crippen LogP contribution is 2.46. The van der Waals surface area contributed by atoms with Crippen LogP contribution in [-0.4, -0.2) is 63.9 Å². The number of aliphatic hydroxyl groups excluding tert-OH is 2. The molecule has 0 bridgehead atoms. The van der Waals surface area contributed by atoms with Gasteiger partial charge in [-0.15, -0.1) is 0 Å². The first-order chi connectivity index (χ1) is 17.3. The van der Waals surface area contributed by atoms with Crippen LogP contribution in [0.25, 0.3) is 11.1 Å². The molecule has 5 atom stereocenters. The van der Waals surface area contributed by atoms with Gasteiger partial charge in [-0.25, -0.2) is 9.11 Å². The van der Waals surface area contributed by atoms with Gasteiger partial charge < -0.3 is 34.2 Å². The maximum atomic E-state index is 13.3. The van der Waals surface area contributed by atoms with Gasteiger partial charge in [0.05, 0.1) is 18.8 Å². The number of pyridine rings is 1. The Labute approximate surface area is 206 Å². The fourth-order valence-electron chi connectivity index (χ4n) is 3.78. The summed E-state index contributed by atoms with van der Waals surface area (Å²) in [6.07, 6.45) is -2.96. The molecule has 3 aromatic rings. The molecule has 1 aromatic carbocycles. The molecule has 5 unspecified atom stereocenters. The monoisotopic (exact) mass is 539 g/mol. The minimum atomic E-state index is -2.86. The maximum Gasteiger partial charge on any atom is 0.337 e. The average Bonchev–Trinajstić information content (AvgIpc) is 3.14. The summed E-state index contributed by atoms with van der Waals surface area (Å²) in [6.45, 7) is -0.637. The summed E-state index contributed by atoms with van der Waals surface area (Å²) >= 11 is 0. The molecule has 15 heteroatoms. The summed E-state index contributed by atoms with van der Waals surface area (Å²) in [4.78, 5) is 57.2. The van der Waals surface area contributed by atoms with Gasteiger partial charge >= 0.3 is 22.9 Å². The topological polar surface area (TPSA) is 186 Å². The van der Waals surface area contributed by atoms with Crippen molar-refractivity contribution in [3.05, 3.63) is 87.5 Å². The number of aromatic nitrogens is 3. The number of ether oxygens (including phenoxy) is 1. The van der Waals surface area contributed by atoms with E-state index in [2.05, 4.69) is 9.29 Å². The molecule has 0 spiro atoms. The van der Waals surface area contributed by atoms with Crippen molar-refractivity contribution in [1.29, 1.82) is 0 Å². The van der Waals surface area contributed by atoms with E-state index < -0.39 is 59.6 Å². The lowest BCUT2D eigenvalue weighted by Gasteiger charge is -2.19. The predicted octanol–water partition coefficient (Wildman–Crippen LogP) is 0.203. The fraction of sp³-hybridized carbons (Fsp3) is 0.286. The third-order valence-electron chi connectivity index (χ3n) is 5.48. The molecule has 3 heterocycles. The zero-order valence-electron chi connectivity index (χ0n) is 18.5. The summed E-state index contributed by atoms with van der Waals surface area (Å²) in [5.41, 5.74) is 0.671. The molecule has 192 valence electrons. The van der Waals surface area contributed by atoms with Crippen molar-refractivity contribution in [3.8, 4) is 11.1 Å². The largest absolute Gasteiger partial charge is 0.387 e. The van der Waals surface area contributed by atoms with Crippen LogP contribution in [0.5, 0.6) is 0 Å². The van der Waals surface area contributed by atoms with Crippen molar-refractivity contribution in [3.63, 3.8) is 0 Å². The van der Waals surface area contributed by atoms with Crippen LogP contribution in [0.4, 0.5) is 0 Å². The molecule has 0 aliphatic carbocycles. The molecular weight excluding hydrogens is 516 g/mol. The molecular formula is C21H23N3O10P2. The van der Waals surface area contributed by atoms with E-state index in [9.17, 15) is 24.7 Å². The molecule has 4 rings (SSSR count). The predicted molar refractivity (Wildman–Crippen MR) is 127 cm³/mol. The Morgan fingerprint density at radius 2 is 1.75 bits per heavy atom. The number of aliphatic hydroxyl groups is 2. The van der Waals surface area contributed by atoms with E-state index >= 15 is 0 Å². The number of nitrogens with zero attached hydrogens (tertiary/aromatic N) is 3. The summed E-state index contributed by atoms with van der Waals surface area (Å²) in [5, 5.41) is 20.8. The first kappa shape index (κ1) is 26.6. The molecule has 1 aliphatic rings. The Balaban J connectivity index is 1.58. The highest BCUT2D eigenvalue weighted by atomic mass is 31.2. The number of rotatable bonds is 9. The summed E-state index contributed by atoms with van der Waals surface area (Å²) in [5.74, 6) is 0. The lowest BCUT2D eigenvalue weighted by atomic mass is 10.0. The Kier molecular flexibility index (Phi) is 8.70. The SMILES string of the molecule is O=c1ccn(C2OC(COP(O)OP(O)O)C(O)C2O)c(=O)n1Cc1ncccc1-c1ccccc1. The highest BCUT2D eigenvalue weighted by molar-refractivity contribution is 7.54. The standard InChI is InChI=1S/C21H23N3O10P2/c25-17-8-10-23(20-19(27)18(26)16(33-20)12-32-36(31)34-35(29)30)21(28)24(17)11-15-14(7-4-9-22-15)13-5-2-1-3-6-13/h1-10,16,18-20,26-27,29-31H,11-12H2. The lowest BCUT2D eigenvalue weighted by molar-refractivity contribution is -0.0530. The van der Waals surface area contributed by atoms with E-state index in [0.29, 0.717) is 5.69 Å². The Hall–Kier alpha value is -2.41. The third kappa shape index (κ3) is 5.93. The van der Waals surface area contributed by atoms with Crippen molar-refractivity contribution >= 4 is 17.2 Å². The molecule has 36 heavy (non-hydrogen) atoms. The molecule has 5 N–H and O–H groups in total. The van der Waals surface area contributed by atoms with Gasteiger partial charge in [0.2, 0.25) is 0 Å². The van der Waals surface area contributed by atoms with Crippen molar-refractivity contribution in [2.24, 2.45) is 0 Å². The van der Waals surface area contributed by atoms with Crippen LogP contribution >= 0.6 is 17.2 Å². The molecule has 1 fully saturated rings. The fourth-order valence-corrected chi connectivity index (χ4v) is 4.75. The van der Waals surface area contributed by atoms with Crippen molar-refractivity contribution in [2.45, 2.75) is 31.1 Å². The van der Waals surface area contributed by atoms with E-state index in [1.807, 2.05) is 36.4 Å². The van der Waals surface area contributed by atoms with Crippen LogP contribution in [0, 0.1) is 0 Å². The summed E-state index contributed by atoms with van der Waals surface area (Å²) < 4.78 is 16.7. The van der Waals surface area contributed by atoms with E-state index in [1.165, 1.54) is 0 Å². The van der Waals surface area contributed by atoms with Crippen LogP contribution in [0.3, 0.4) is 0 Å². The smallest absolute Gasteiger partial charge is 0.337 e. The second-order valence-corrected chi connectivity index (χ2v) is 9.60. The Bertz CT molecular complexity index is 1290. The van der Waals surface area contributed by atoms with Crippen LogP contribution in [0.2, 0.25) is 0 Å². The molecule has 1 saturated heterocycles. The summed E-state index contributed by atoms with van der Waals surface area (Å²) in [7, 11) is -5.53. The van der Waals surface area contributed by atoms with E-state index in [-0.39, 0.29) is 6.54 Å². The van der Waals surface area contributed by atoms with Crippen LogP contribution < -0.4 is 11.2 Å². The number of hydrogen-bond acceptors (Lipinski definition) is 11. The molecule has 0 radical (unpaired) electrons. The minimum absolute atomic E-state index is 0.154. The van der Waals surface area contributed by atoms with Crippen molar-refractivity contribution < 1.29 is 38.5 Å². The van der Waals surface area contributed by atoms with Gasteiger partial charge in [0, 0.05) is 24.0 Å². The highest BCUT2D eigenvalue weighted by Gasteiger charge is 2.44. The van der Waals surface area contributed by atoms with Gasteiger partial charge in [0.15, 0.2) is 6.23 Å². The molecule has 13 nitrogen and oxygen atoms in total. The minimum Gasteiger partial charge on any atom is -0.387 e. The van der Waals surface area contributed by atoms with Gasteiger partial charge in [0.1, 0.15) is 18.3 Å². The van der Waals surface area contributed by atoms with Gasteiger partial charge in [-0.05, 0) is 11.6 Å². The normalized spacial score (nSPS) is 22.7. The van der Waals surface area contributed by atoms with Crippen LogP contribution in [0.15, 0.2) is 70.5 Å². The zero-order valence-corrected chi connectivity index (χ0v) is 20.3. The van der Waals surface area contributed by atoms with Crippen molar-refractivity contribution in [1.82, 2.24) is 14.1 Å². The van der Waals surface area contributed by atoms with Gasteiger partial charge in [-0.2, -0.15) is 0 Å². The van der Waals surface area contributed by atoms with Crippen LogP contribution in [-0.2, 0) is 20.1 Å². The lowest BCUT2D eigenvalue weighted by Crippen LogP contribution is -2.43. The van der Waals surface area contributed by atoms with Gasteiger partial charge in [0.25, 0.3) is 5.56 Å². The number of hydrogen-bond donors (Lipinski definition) is 5. The molecule has 0 amide bonds. The van der Waals surface area contributed by atoms with E-state index in [1.54, 1.807) is 12.3 Å². The zero-order chi connectivity index (χ0) is 25.8. The second kappa shape index (κ2) is 11.8.